The van der Waals surface area contributed by atoms with Crippen LogP contribution in [0.4, 0.5) is 0 Å². The molecule has 2 nitrogen and oxygen atoms in total. The summed E-state index contributed by atoms with van der Waals surface area (Å²) >= 11 is 0. The van der Waals surface area contributed by atoms with E-state index in [1.165, 1.54) is 11.1 Å². The summed E-state index contributed by atoms with van der Waals surface area (Å²) in [7, 11) is 0. The summed E-state index contributed by atoms with van der Waals surface area (Å²) in [5, 5.41) is 0. The van der Waals surface area contributed by atoms with E-state index in [0.29, 0.717) is 0 Å². The Kier molecular flexibility index (Phi) is 2.69. The van der Waals surface area contributed by atoms with Crippen molar-refractivity contribution in [1.82, 2.24) is 4.98 Å². The molecule has 0 saturated heterocycles. The molecule has 0 aliphatic heterocycles. The van der Waals surface area contributed by atoms with Gasteiger partial charge < -0.3 is 4.98 Å². The number of aryl methyl sites for hydroxylation is 1. The van der Waals surface area contributed by atoms with Crippen LogP contribution >= 0.6 is 0 Å². The third kappa shape index (κ3) is 1.42. The van der Waals surface area contributed by atoms with Crippen LogP contribution in [0.2, 0.25) is 0 Å². The van der Waals surface area contributed by atoms with Crippen LogP contribution in [0.5, 0.6) is 0 Å². The van der Waals surface area contributed by atoms with E-state index in [2.05, 4.69) is 18.8 Å². The first-order valence-electron chi connectivity index (χ1n) is 4.34. The van der Waals surface area contributed by atoms with Gasteiger partial charge in [-0.3, -0.25) is 4.79 Å². The van der Waals surface area contributed by atoms with Crippen molar-refractivity contribution in [2.75, 3.05) is 0 Å². The fourth-order valence-electron chi connectivity index (χ4n) is 1.47. The second kappa shape index (κ2) is 3.57. The highest BCUT2D eigenvalue weighted by atomic mass is 16.1. The summed E-state index contributed by atoms with van der Waals surface area (Å²) in [5.41, 5.74) is 4.29. The van der Waals surface area contributed by atoms with Gasteiger partial charge in [0.05, 0.1) is 5.69 Å². The van der Waals surface area contributed by atoms with Crippen LogP contribution in [0, 0.1) is 13.8 Å². The average molecular weight is 165 g/mol. The maximum Gasteiger partial charge on any atom is 0.166 e. The lowest BCUT2D eigenvalue weighted by Gasteiger charge is -1.97. The molecule has 0 atom stereocenters. The summed E-state index contributed by atoms with van der Waals surface area (Å²) in [5.74, 6) is 0. The molecule has 0 spiro atoms. The Morgan fingerprint density at radius 3 is 2.58 bits per heavy atom. The lowest BCUT2D eigenvalue weighted by atomic mass is 10.1. The van der Waals surface area contributed by atoms with Gasteiger partial charge >= 0.3 is 0 Å². The van der Waals surface area contributed by atoms with Gasteiger partial charge in [-0.2, -0.15) is 0 Å². The number of H-pyrrole nitrogens is 1. The number of aldehydes is 1. The summed E-state index contributed by atoms with van der Waals surface area (Å²) in [6, 6.07) is 0. The minimum absolute atomic E-state index is 0.756. The lowest BCUT2D eigenvalue weighted by molar-refractivity contribution is 0.111. The Labute approximate surface area is 73.0 Å². The van der Waals surface area contributed by atoms with Gasteiger partial charge in [-0.15, -0.1) is 0 Å². The molecule has 1 N–H and O–H groups in total. The fraction of sp³-hybridized carbons (Fsp3) is 0.500. The van der Waals surface area contributed by atoms with Gasteiger partial charge in [0.15, 0.2) is 6.29 Å². The van der Waals surface area contributed by atoms with Crippen molar-refractivity contribution in [2.24, 2.45) is 0 Å². The molecule has 1 aromatic rings. The Bertz CT molecular complexity index is 286. The van der Waals surface area contributed by atoms with E-state index in [0.717, 1.165) is 30.5 Å². The zero-order chi connectivity index (χ0) is 9.14. The molecule has 0 aromatic carbocycles. The molecule has 0 bridgehead atoms. The van der Waals surface area contributed by atoms with Crippen LogP contribution in [0.15, 0.2) is 0 Å². The first-order chi connectivity index (χ1) is 5.70. The maximum absolute atomic E-state index is 10.6. The molecule has 0 saturated carbocycles. The second-order valence-corrected chi connectivity index (χ2v) is 3.14. The summed E-state index contributed by atoms with van der Waals surface area (Å²) in [6.07, 6.45) is 2.98. The van der Waals surface area contributed by atoms with Gasteiger partial charge in [-0.1, -0.05) is 13.3 Å². The normalized spacial score (nSPS) is 10.2. The highest BCUT2D eigenvalue weighted by Gasteiger charge is 2.09. The van der Waals surface area contributed by atoms with Gasteiger partial charge in [0.25, 0.3) is 0 Å². The van der Waals surface area contributed by atoms with Gasteiger partial charge in [0, 0.05) is 5.69 Å². The van der Waals surface area contributed by atoms with Gasteiger partial charge in [-0.05, 0) is 31.4 Å². The van der Waals surface area contributed by atoms with Gasteiger partial charge in [0.1, 0.15) is 0 Å². The van der Waals surface area contributed by atoms with Crippen LogP contribution < -0.4 is 0 Å². The first kappa shape index (κ1) is 9.04. The SMILES string of the molecule is CCCc1c(C=O)[nH]c(C)c1C. The number of rotatable bonds is 3. The Hall–Kier alpha value is -1.05. The summed E-state index contributed by atoms with van der Waals surface area (Å²) in [4.78, 5) is 13.7. The predicted molar refractivity (Wildman–Crippen MR) is 49.6 cm³/mol. The van der Waals surface area contributed by atoms with E-state index in [1.807, 2.05) is 6.92 Å². The highest BCUT2D eigenvalue weighted by molar-refractivity contribution is 5.76. The van der Waals surface area contributed by atoms with E-state index in [-0.39, 0.29) is 0 Å². The molecule has 1 aromatic heterocycles. The Morgan fingerprint density at radius 2 is 2.08 bits per heavy atom. The smallest absolute Gasteiger partial charge is 0.166 e. The average Bonchev–Trinajstić information content (AvgIpc) is 2.33. The molecule has 66 valence electrons. The third-order valence-corrected chi connectivity index (χ3v) is 2.28. The number of aromatic nitrogens is 1. The van der Waals surface area contributed by atoms with E-state index in [1.54, 1.807) is 0 Å². The zero-order valence-electron chi connectivity index (χ0n) is 7.90. The summed E-state index contributed by atoms with van der Waals surface area (Å²) in [6.45, 7) is 6.18. The quantitative estimate of drug-likeness (QED) is 0.685. The molecule has 1 rings (SSSR count). The van der Waals surface area contributed by atoms with Crippen LogP contribution in [0.1, 0.15) is 40.7 Å². The van der Waals surface area contributed by atoms with E-state index in [4.69, 9.17) is 0 Å². The van der Waals surface area contributed by atoms with Gasteiger partial charge in [-0.25, -0.2) is 0 Å². The number of hydrogen-bond donors (Lipinski definition) is 1. The van der Waals surface area contributed by atoms with Crippen molar-refractivity contribution in [3.05, 3.63) is 22.5 Å². The number of aromatic amines is 1. The largest absolute Gasteiger partial charge is 0.356 e. The van der Waals surface area contributed by atoms with E-state index in [9.17, 15) is 4.79 Å². The van der Waals surface area contributed by atoms with Crippen LogP contribution in [-0.2, 0) is 6.42 Å². The molecule has 0 aliphatic carbocycles. The molecule has 2 heteroatoms. The van der Waals surface area contributed by atoms with Crippen LogP contribution in [0.25, 0.3) is 0 Å². The fourth-order valence-corrected chi connectivity index (χ4v) is 1.47. The first-order valence-corrected chi connectivity index (χ1v) is 4.34. The molecule has 0 aliphatic rings. The standard InChI is InChI=1S/C10H15NO/c1-4-5-9-7(2)8(3)11-10(9)6-12/h6,11H,4-5H2,1-3H3. The number of nitrogens with one attached hydrogen (secondary N) is 1. The van der Waals surface area contributed by atoms with Crippen molar-refractivity contribution in [3.8, 4) is 0 Å². The zero-order valence-corrected chi connectivity index (χ0v) is 7.90. The second-order valence-electron chi connectivity index (χ2n) is 3.14. The minimum atomic E-state index is 0.756. The maximum atomic E-state index is 10.6. The number of carbonyl (C=O) groups is 1. The predicted octanol–water partition coefficient (Wildman–Crippen LogP) is 2.40. The van der Waals surface area contributed by atoms with Gasteiger partial charge in [0.2, 0.25) is 0 Å². The lowest BCUT2D eigenvalue weighted by Crippen LogP contribution is -1.90. The molecule has 0 fully saturated rings. The van der Waals surface area contributed by atoms with E-state index < -0.39 is 0 Å². The van der Waals surface area contributed by atoms with Crippen molar-refractivity contribution in [3.63, 3.8) is 0 Å². The third-order valence-electron chi connectivity index (χ3n) is 2.28. The van der Waals surface area contributed by atoms with Crippen LogP contribution in [-0.4, -0.2) is 11.3 Å². The molecule has 12 heavy (non-hydrogen) atoms. The van der Waals surface area contributed by atoms with E-state index >= 15 is 0 Å². The number of carbonyl (C=O) groups excluding carboxylic acids is 1. The Balaban J connectivity index is 3.11. The summed E-state index contributed by atoms with van der Waals surface area (Å²) < 4.78 is 0. The Morgan fingerprint density at radius 1 is 1.42 bits per heavy atom. The molecular weight excluding hydrogens is 150 g/mol. The van der Waals surface area contributed by atoms with Crippen molar-refractivity contribution >= 4 is 6.29 Å². The number of hydrogen-bond acceptors (Lipinski definition) is 1. The topological polar surface area (TPSA) is 32.9 Å². The highest BCUT2D eigenvalue weighted by Crippen LogP contribution is 2.17. The van der Waals surface area contributed by atoms with Crippen molar-refractivity contribution in [1.29, 1.82) is 0 Å². The molecular formula is C10H15NO. The van der Waals surface area contributed by atoms with Crippen molar-refractivity contribution < 1.29 is 4.79 Å². The monoisotopic (exact) mass is 165 g/mol. The van der Waals surface area contributed by atoms with Crippen molar-refractivity contribution in [2.45, 2.75) is 33.6 Å². The minimum Gasteiger partial charge on any atom is -0.356 e. The molecule has 0 unspecified atom stereocenters. The molecule has 0 amide bonds. The van der Waals surface area contributed by atoms with Crippen LogP contribution in [0.3, 0.4) is 0 Å². The molecule has 0 radical (unpaired) electrons. The molecule has 1 heterocycles.